The molecule has 0 fully saturated rings. The molecule has 2 aromatic rings. The van der Waals surface area contributed by atoms with Gasteiger partial charge in [-0.2, -0.15) is 0 Å². The Bertz CT molecular complexity index is 801. The van der Waals surface area contributed by atoms with E-state index < -0.39 is 0 Å². The lowest BCUT2D eigenvalue weighted by molar-refractivity contribution is 0.297. The fourth-order valence-electron chi connectivity index (χ4n) is 3.37. The van der Waals surface area contributed by atoms with Crippen molar-refractivity contribution in [2.24, 2.45) is 10.7 Å². The van der Waals surface area contributed by atoms with Gasteiger partial charge in [-0.15, -0.1) is 35.3 Å². The van der Waals surface area contributed by atoms with Crippen molar-refractivity contribution in [1.29, 1.82) is 0 Å². The Kier molecular flexibility index (Phi) is 7.78. The Labute approximate surface area is 187 Å². The van der Waals surface area contributed by atoms with Gasteiger partial charge in [0.2, 0.25) is 0 Å². The van der Waals surface area contributed by atoms with E-state index in [1.165, 1.54) is 34.8 Å². The molecule has 0 saturated heterocycles. The molecular formula is C20H27IN4O2S. The van der Waals surface area contributed by atoms with Crippen LogP contribution >= 0.6 is 35.3 Å². The fourth-order valence-corrected chi connectivity index (χ4v) is 4.57. The molecule has 0 unspecified atom stereocenters. The number of hydrogen-bond acceptors (Lipinski definition) is 5. The molecule has 3 N–H and O–H groups in total. The van der Waals surface area contributed by atoms with Gasteiger partial charge in [-0.25, -0.2) is 4.98 Å². The minimum atomic E-state index is 0. The third-order valence-electron chi connectivity index (χ3n) is 4.74. The number of fused-ring (bicyclic) bond motifs is 2. The maximum atomic E-state index is 6.03. The number of rotatable bonds is 5. The van der Waals surface area contributed by atoms with Crippen LogP contribution in [0.2, 0.25) is 0 Å². The second-order valence-electron chi connectivity index (χ2n) is 6.89. The number of aliphatic imine (C=N–C) groups is 1. The van der Waals surface area contributed by atoms with Crippen LogP contribution in [-0.2, 0) is 19.3 Å². The number of hydrogen-bond donors (Lipinski definition) is 2. The number of guanidine groups is 1. The summed E-state index contributed by atoms with van der Waals surface area (Å²) < 4.78 is 11.3. The van der Waals surface area contributed by atoms with Gasteiger partial charge in [-0.3, -0.25) is 4.99 Å². The standard InChI is InChI=1S/C20H26N4O2S.HI/c21-20(23-14-8-9-16-17(13-14)26-12-4-11-25-16)22-10-3-7-19-24-15-5-1-2-6-18(15)27-19;/h8-9,13H,1-7,10-12H2,(H3,21,22,23);1H. The number of nitrogens with two attached hydrogens (primary N) is 1. The summed E-state index contributed by atoms with van der Waals surface area (Å²) in [5.74, 6) is 1.95. The van der Waals surface area contributed by atoms with E-state index in [4.69, 9.17) is 20.2 Å². The topological polar surface area (TPSA) is 81.8 Å². The lowest BCUT2D eigenvalue weighted by Crippen LogP contribution is -2.22. The van der Waals surface area contributed by atoms with Crippen molar-refractivity contribution in [1.82, 2.24) is 4.98 Å². The van der Waals surface area contributed by atoms with E-state index in [1.54, 1.807) is 0 Å². The van der Waals surface area contributed by atoms with Crippen LogP contribution in [0.25, 0.3) is 0 Å². The first-order valence-corrected chi connectivity index (χ1v) is 10.5. The van der Waals surface area contributed by atoms with Gasteiger partial charge in [0.1, 0.15) is 0 Å². The molecule has 1 aromatic heterocycles. The van der Waals surface area contributed by atoms with Crippen molar-refractivity contribution >= 4 is 47.0 Å². The van der Waals surface area contributed by atoms with Crippen molar-refractivity contribution < 1.29 is 9.47 Å². The number of thiazole rings is 1. The van der Waals surface area contributed by atoms with Gasteiger partial charge < -0.3 is 20.5 Å². The number of benzene rings is 1. The number of nitrogens with one attached hydrogen (secondary N) is 1. The van der Waals surface area contributed by atoms with Crippen LogP contribution in [-0.4, -0.2) is 30.7 Å². The van der Waals surface area contributed by atoms with Crippen molar-refractivity contribution in [2.45, 2.75) is 44.9 Å². The zero-order valence-electron chi connectivity index (χ0n) is 15.9. The van der Waals surface area contributed by atoms with Crippen LogP contribution in [0.5, 0.6) is 11.5 Å². The average molecular weight is 514 g/mol. The number of ether oxygens (including phenoxy) is 2. The van der Waals surface area contributed by atoms with Gasteiger partial charge in [0.05, 0.1) is 23.9 Å². The quantitative estimate of drug-likeness (QED) is 0.271. The second-order valence-corrected chi connectivity index (χ2v) is 8.06. The van der Waals surface area contributed by atoms with Crippen molar-refractivity contribution in [3.05, 3.63) is 33.8 Å². The number of anilines is 1. The average Bonchev–Trinajstić information content (AvgIpc) is 2.95. The molecule has 2 heterocycles. The summed E-state index contributed by atoms with van der Waals surface area (Å²) in [6, 6.07) is 5.74. The van der Waals surface area contributed by atoms with E-state index in [1.807, 2.05) is 29.5 Å². The Morgan fingerprint density at radius 1 is 1.14 bits per heavy atom. The lowest BCUT2D eigenvalue weighted by atomic mass is 10.0. The minimum Gasteiger partial charge on any atom is -0.490 e. The molecule has 0 spiro atoms. The van der Waals surface area contributed by atoms with Gasteiger partial charge >= 0.3 is 0 Å². The van der Waals surface area contributed by atoms with Crippen molar-refractivity contribution in [3.8, 4) is 11.5 Å². The van der Waals surface area contributed by atoms with E-state index in [0.29, 0.717) is 25.7 Å². The van der Waals surface area contributed by atoms with Crippen molar-refractivity contribution in [2.75, 3.05) is 25.1 Å². The highest BCUT2D eigenvalue weighted by molar-refractivity contribution is 14.0. The molecule has 152 valence electrons. The fraction of sp³-hybridized carbons (Fsp3) is 0.500. The molecular weight excluding hydrogens is 487 g/mol. The molecule has 0 amide bonds. The molecule has 1 aliphatic heterocycles. The molecule has 8 heteroatoms. The van der Waals surface area contributed by atoms with Crippen molar-refractivity contribution in [3.63, 3.8) is 0 Å². The van der Waals surface area contributed by atoms with Gasteiger partial charge in [0, 0.05) is 36.0 Å². The van der Waals surface area contributed by atoms with Crippen LogP contribution in [0.4, 0.5) is 5.69 Å². The zero-order valence-corrected chi connectivity index (χ0v) is 19.1. The minimum absolute atomic E-state index is 0. The molecule has 28 heavy (non-hydrogen) atoms. The summed E-state index contributed by atoms with van der Waals surface area (Å²) in [5, 5.41) is 4.37. The second kappa shape index (κ2) is 10.3. The predicted molar refractivity (Wildman–Crippen MR) is 125 cm³/mol. The Balaban J connectivity index is 0.00000225. The molecule has 0 saturated carbocycles. The first-order chi connectivity index (χ1) is 13.3. The molecule has 1 aliphatic carbocycles. The number of aryl methyl sites for hydroxylation is 3. The van der Waals surface area contributed by atoms with Gasteiger partial charge in [0.25, 0.3) is 0 Å². The summed E-state index contributed by atoms with van der Waals surface area (Å²) in [6.45, 7) is 2.04. The van der Waals surface area contributed by atoms with E-state index >= 15 is 0 Å². The number of aromatic nitrogens is 1. The van der Waals surface area contributed by atoms with E-state index in [0.717, 1.165) is 42.9 Å². The van der Waals surface area contributed by atoms with Crippen LogP contribution < -0.4 is 20.5 Å². The molecule has 6 nitrogen and oxygen atoms in total. The summed E-state index contributed by atoms with van der Waals surface area (Å²) in [7, 11) is 0. The van der Waals surface area contributed by atoms with E-state index in [-0.39, 0.29) is 24.0 Å². The lowest BCUT2D eigenvalue weighted by Gasteiger charge is -2.10. The molecule has 0 atom stereocenters. The highest BCUT2D eigenvalue weighted by Crippen LogP contribution is 2.32. The highest BCUT2D eigenvalue weighted by Gasteiger charge is 2.14. The molecule has 1 aromatic carbocycles. The van der Waals surface area contributed by atoms with Gasteiger partial charge in [0.15, 0.2) is 17.5 Å². The van der Waals surface area contributed by atoms with E-state index in [9.17, 15) is 0 Å². The third-order valence-corrected chi connectivity index (χ3v) is 5.96. The normalized spacial score (nSPS) is 15.9. The highest BCUT2D eigenvalue weighted by atomic mass is 127. The maximum absolute atomic E-state index is 6.03. The summed E-state index contributed by atoms with van der Waals surface area (Å²) in [6.07, 6.45) is 7.76. The van der Waals surface area contributed by atoms with Crippen LogP contribution in [0.15, 0.2) is 23.2 Å². The summed E-state index contributed by atoms with van der Waals surface area (Å²) in [5.41, 5.74) is 8.21. The third kappa shape index (κ3) is 5.50. The first-order valence-electron chi connectivity index (χ1n) is 9.72. The van der Waals surface area contributed by atoms with Gasteiger partial charge in [-0.05, 0) is 44.2 Å². The SMILES string of the molecule is I.NC(=NCCCc1nc2c(s1)CCCC2)Nc1ccc2c(c1)OCCCO2. The van der Waals surface area contributed by atoms with Crippen LogP contribution in [0.3, 0.4) is 0 Å². The molecule has 0 bridgehead atoms. The van der Waals surface area contributed by atoms with E-state index in [2.05, 4.69) is 10.3 Å². The Morgan fingerprint density at radius 3 is 2.82 bits per heavy atom. The maximum Gasteiger partial charge on any atom is 0.193 e. The smallest absolute Gasteiger partial charge is 0.193 e. The Hall–Kier alpha value is -1.55. The molecule has 2 aliphatic rings. The summed E-state index contributed by atoms with van der Waals surface area (Å²) >= 11 is 1.88. The largest absolute Gasteiger partial charge is 0.490 e. The zero-order chi connectivity index (χ0) is 18.5. The monoisotopic (exact) mass is 514 g/mol. The van der Waals surface area contributed by atoms with Gasteiger partial charge in [-0.1, -0.05) is 0 Å². The van der Waals surface area contributed by atoms with Crippen LogP contribution in [0, 0.1) is 0 Å². The van der Waals surface area contributed by atoms with Crippen LogP contribution in [0.1, 0.15) is 41.3 Å². The molecule has 4 rings (SSSR count). The number of halogens is 1. The summed E-state index contributed by atoms with van der Waals surface area (Å²) in [4.78, 5) is 10.7. The predicted octanol–water partition coefficient (Wildman–Crippen LogP) is 4.16. The first kappa shape index (κ1) is 21.2. The molecule has 0 radical (unpaired) electrons. The Morgan fingerprint density at radius 2 is 1.96 bits per heavy atom. The number of nitrogens with zero attached hydrogens (tertiary/aromatic N) is 2.